The molecule has 0 amide bonds. The van der Waals surface area contributed by atoms with Gasteiger partial charge in [0.1, 0.15) is 5.69 Å². The third-order valence-electron chi connectivity index (χ3n) is 5.75. The summed E-state index contributed by atoms with van der Waals surface area (Å²) in [5.74, 6) is -1.14. The van der Waals surface area contributed by atoms with Gasteiger partial charge in [-0.05, 0) is 48.2 Å². The van der Waals surface area contributed by atoms with Gasteiger partial charge in [-0.3, -0.25) is 5.73 Å². The molecular weight excluding hydrogens is 407 g/mol. The monoisotopic (exact) mass is 427 g/mol. The van der Waals surface area contributed by atoms with Crippen molar-refractivity contribution in [1.82, 2.24) is 9.97 Å². The second kappa shape index (κ2) is 7.21. The minimum Gasteiger partial charge on any atom is -0.344 e. The van der Waals surface area contributed by atoms with Crippen molar-refractivity contribution in [1.29, 1.82) is 0 Å². The zero-order chi connectivity index (χ0) is 21.6. The summed E-state index contributed by atoms with van der Waals surface area (Å²) in [4.78, 5) is 7.40. The number of anilines is 3. The molecule has 1 aliphatic carbocycles. The lowest BCUT2D eigenvalue weighted by Crippen LogP contribution is -2.56. The predicted octanol–water partition coefficient (Wildman–Crippen LogP) is 4.52. The number of halogens is 3. The van der Waals surface area contributed by atoms with E-state index in [1.807, 2.05) is 18.2 Å². The van der Waals surface area contributed by atoms with Crippen LogP contribution in [-0.4, -0.2) is 15.8 Å². The van der Waals surface area contributed by atoms with Gasteiger partial charge >= 0.3 is 6.18 Å². The molecule has 1 aromatic heterocycles. The van der Waals surface area contributed by atoms with Crippen molar-refractivity contribution in [2.75, 3.05) is 10.6 Å². The molecule has 0 spiro atoms. The second-order valence-corrected chi connectivity index (χ2v) is 7.76. The Morgan fingerprint density at radius 2 is 1.97 bits per heavy atom. The van der Waals surface area contributed by atoms with E-state index < -0.39 is 17.7 Å². The number of aromatic nitrogens is 2. The molecule has 2 heterocycles. The van der Waals surface area contributed by atoms with Crippen molar-refractivity contribution in [2.24, 2.45) is 5.73 Å². The van der Waals surface area contributed by atoms with Gasteiger partial charge in [0.05, 0.1) is 6.61 Å². The number of aryl methyl sites for hydroxylation is 1. The highest BCUT2D eigenvalue weighted by Gasteiger charge is 2.43. The van der Waals surface area contributed by atoms with Crippen molar-refractivity contribution in [3.05, 3.63) is 77.1 Å². The van der Waals surface area contributed by atoms with Gasteiger partial charge in [-0.1, -0.05) is 24.3 Å². The van der Waals surface area contributed by atoms with E-state index in [0.29, 0.717) is 5.69 Å². The Labute approximate surface area is 176 Å². The number of ether oxygens (including phenoxy) is 1. The molecule has 160 valence electrons. The van der Waals surface area contributed by atoms with E-state index in [1.54, 1.807) is 12.1 Å². The van der Waals surface area contributed by atoms with Crippen molar-refractivity contribution in [3.8, 4) is 0 Å². The minimum atomic E-state index is -4.53. The summed E-state index contributed by atoms with van der Waals surface area (Å²) in [5.41, 5.74) is 10.3. The smallest absolute Gasteiger partial charge is 0.344 e. The molecule has 3 aromatic rings. The summed E-state index contributed by atoms with van der Waals surface area (Å²) in [6.07, 6.45) is -1.61. The number of hydrogen-bond donors (Lipinski definition) is 3. The molecule has 2 aromatic carbocycles. The van der Waals surface area contributed by atoms with Gasteiger partial charge in [0.15, 0.2) is 5.85 Å². The lowest BCUT2D eigenvalue weighted by Gasteiger charge is -2.41. The van der Waals surface area contributed by atoms with Crippen LogP contribution in [0.15, 0.2) is 54.7 Å². The Bertz CT molecular complexity index is 1140. The van der Waals surface area contributed by atoms with Crippen molar-refractivity contribution in [3.63, 3.8) is 0 Å². The summed E-state index contributed by atoms with van der Waals surface area (Å²) < 4.78 is 44.7. The first-order valence-electron chi connectivity index (χ1n) is 9.91. The van der Waals surface area contributed by atoms with E-state index in [0.717, 1.165) is 36.4 Å². The number of fused-ring (bicyclic) bond motifs is 2. The zero-order valence-electron chi connectivity index (χ0n) is 16.4. The molecule has 1 unspecified atom stereocenters. The van der Waals surface area contributed by atoms with Gasteiger partial charge in [0, 0.05) is 29.1 Å². The van der Waals surface area contributed by atoms with Crippen LogP contribution in [0.2, 0.25) is 0 Å². The molecule has 0 bridgehead atoms. The number of nitrogens with two attached hydrogens (primary N) is 1. The Kier molecular flexibility index (Phi) is 4.60. The molecule has 0 saturated heterocycles. The fourth-order valence-electron chi connectivity index (χ4n) is 4.25. The Balaban J connectivity index is 1.36. The third-order valence-corrected chi connectivity index (χ3v) is 5.75. The van der Waals surface area contributed by atoms with Gasteiger partial charge in [-0.2, -0.15) is 13.2 Å². The predicted molar refractivity (Wildman–Crippen MR) is 110 cm³/mol. The van der Waals surface area contributed by atoms with Crippen LogP contribution in [0.25, 0.3) is 0 Å². The van der Waals surface area contributed by atoms with Crippen LogP contribution in [-0.2, 0) is 23.9 Å². The van der Waals surface area contributed by atoms with Crippen LogP contribution < -0.4 is 16.4 Å². The molecule has 2 atom stereocenters. The third kappa shape index (κ3) is 3.70. The first kappa shape index (κ1) is 19.8. The van der Waals surface area contributed by atoms with Crippen molar-refractivity contribution >= 4 is 17.3 Å². The molecule has 2 aliphatic rings. The highest BCUT2D eigenvalue weighted by atomic mass is 19.4. The fourth-order valence-corrected chi connectivity index (χ4v) is 4.25. The van der Waals surface area contributed by atoms with Gasteiger partial charge in [0.2, 0.25) is 5.95 Å². The average molecular weight is 427 g/mol. The van der Waals surface area contributed by atoms with E-state index >= 15 is 0 Å². The maximum absolute atomic E-state index is 12.9. The fraction of sp³-hybridized carbons (Fsp3) is 0.273. The van der Waals surface area contributed by atoms with Gasteiger partial charge in [-0.25, -0.2) is 9.97 Å². The molecule has 9 heteroatoms. The lowest BCUT2D eigenvalue weighted by molar-refractivity contribution is -0.141. The first-order chi connectivity index (χ1) is 14.8. The summed E-state index contributed by atoms with van der Waals surface area (Å²) in [7, 11) is 0. The first-order valence-corrected chi connectivity index (χ1v) is 9.91. The molecule has 0 radical (unpaired) electrons. The summed E-state index contributed by atoms with van der Waals surface area (Å²) in [6, 6.07) is 14.4. The molecule has 1 aliphatic heterocycles. The van der Waals surface area contributed by atoms with Gasteiger partial charge < -0.3 is 15.4 Å². The van der Waals surface area contributed by atoms with Crippen LogP contribution in [0, 0.1) is 0 Å². The second-order valence-electron chi connectivity index (χ2n) is 7.76. The SMILES string of the molecule is N[C@]1(C2CCc3ccccc32)Nc2ccc(Nc3nccc(C(F)(F)F)n3)cc2CO1. The maximum atomic E-state index is 12.9. The summed E-state index contributed by atoms with van der Waals surface area (Å²) in [6.45, 7) is 0.274. The van der Waals surface area contributed by atoms with E-state index in [-0.39, 0.29) is 18.5 Å². The molecule has 0 saturated carbocycles. The van der Waals surface area contributed by atoms with Crippen LogP contribution in [0.1, 0.15) is 34.7 Å². The van der Waals surface area contributed by atoms with Crippen LogP contribution in [0.5, 0.6) is 0 Å². The van der Waals surface area contributed by atoms with E-state index in [9.17, 15) is 13.2 Å². The standard InChI is InChI=1S/C22H20F3N5O/c23-21(24,25)19-9-10-27-20(29-19)28-15-6-8-18-14(11-15)12-31-22(26,30-18)17-7-5-13-3-1-2-4-16(13)17/h1-4,6,8-11,17,30H,5,7,12,26H2,(H,27,28,29)/t17?,22-/m1/s1. The number of alkyl halides is 3. The molecule has 4 N–H and O–H groups in total. The highest BCUT2D eigenvalue weighted by molar-refractivity contribution is 5.64. The van der Waals surface area contributed by atoms with E-state index in [1.165, 1.54) is 11.1 Å². The number of benzene rings is 2. The summed E-state index contributed by atoms with van der Waals surface area (Å²) in [5, 5.41) is 6.14. The van der Waals surface area contributed by atoms with Crippen LogP contribution in [0.3, 0.4) is 0 Å². The average Bonchev–Trinajstić information content (AvgIpc) is 3.19. The van der Waals surface area contributed by atoms with E-state index in [2.05, 4.69) is 32.7 Å². The molecular formula is C22H20F3N5O. The maximum Gasteiger partial charge on any atom is 0.433 e. The molecule has 6 nitrogen and oxygen atoms in total. The van der Waals surface area contributed by atoms with Crippen LogP contribution >= 0.6 is 0 Å². The topological polar surface area (TPSA) is 85.1 Å². The molecule has 31 heavy (non-hydrogen) atoms. The quantitative estimate of drug-likeness (QED) is 0.570. The Hall–Kier alpha value is -3.17. The van der Waals surface area contributed by atoms with E-state index in [4.69, 9.17) is 10.5 Å². The Morgan fingerprint density at radius 1 is 1.13 bits per heavy atom. The Morgan fingerprint density at radius 3 is 2.81 bits per heavy atom. The lowest BCUT2D eigenvalue weighted by atomic mass is 9.94. The van der Waals surface area contributed by atoms with Crippen molar-refractivity contribution in [2.45, 2.75) is 37.4 Å². The molecule has 0 fully saturated rings. The van der Waals surface area contributed by atoms with Crippen LogP contribution in [0.4, 0.5) is 30.5 Å². The number of hydrogen-bond acceptors (Lipinski definition) is 6. The summed E-state index contributed by atoms with van der Waals surface area (Å²) >= 11 is 0. The number of nitrogens with one attached hydrogen (secondary N) is 2. The van der Waals surface area contributed by atoms with Crippen molar-refractivity contribution < 1.29 is 17.9 Å². The largest absolute Gasteiger partial charge is 0.433 e. The zero-order valence-corrected chi connectivity index (χ0v) is 16.4. The number of nitrogens with zero attached hydrogens (tertiary/aromatic N) is 2. The normalized spacial score (nSPS) is 22.4. The van der Waals surface area contributed by atoms with Gasteiger partial charge in [-0.15, -0.1) is 0 Å². The molecule has 5 rings (SSSR count). The minimum absolute atomic E-state index is 0.0214. The van der Waals surface area contributed by atoms with Gasteiger partial charge in [0.25, 0.3) is 0 Å². The highest BCUT2D eigenvalue weighted by Crippen LogP contribution is 2.43. The number of rotatable bonds is 3.